The van der Waals surface area contributed by atoms with Gasteiger partial charge in [0.15, 0.2) is 12.7 Å². The minimum Gasteiger partial charge on any atom is -0.482 e. The maximum absolute atomic E-state index is 12.4. The van der Waals surface area contributed by atoms with E-state index in [0.29, 0.717) is 31.9 Å². The molecule has 1 fully saturated rings. The second-order valence-electron chi connectivity index (χ2n) is 6.52. The van der Waals surface area contributed by atoms with Crippen LogP contribution < -0.4 is 4.74 Å². The molecule has 1 aliphatic rings. The number of carbonyl (C=O) groups excluding carboxylic acids is 3. The molecule has 0 unspecified atom stereocenters. The molecule has 1 atom stereocenters. The zero-order chi connectivity index (χ0) is 19.3. The summed E-state index contributed by atoms with van der Waals surface area (Å²) in [5.41, 5.74) is 2.05. The second-order valence-corrected chi connectivity index (χ2v) is 6.52. The lowest BCUT2D eigenvalue weighted by atomic mass is 10.1. The van der Waals surface area contributed by atoms with Gasteiger partial charge in [0.25, 0.3) is 5.91 Å². The first kappa shape index (κ1) is 19.8. The van der Waals surface area contributed by atoms with Crippen molar-refractivity contribution in [1.29, 1.82) is 0 Å². The van der Waals surface area contributed by atoms with E-state index in [1.165, 1.54) is 6.92 Å². The molecule has 2 amide bonds. The lowest BCUT2D eigenvalue weighted by Crippen LogP contribution is -2.52. The number of benzene rings is 1. The van der Waals surface area contributed by atoms with Gasteiger partial charge in [0.2, 0.25) is 5.91 Å². The molecule has 1 aromatic carbocycles. The fourth-order valence-corrected chi connectivity index (χ4v) is 2.88. The van der Waals surface area contributed by atoms with E-state index >= 15 is 0 Å². The van der Waals surface area contributed by atoms with Crippen LogP contribution in [-0.2, 0) is 19.1 Å². The number of amides is 2. The predicted molar refractivity (Wildman–Crippen MR) is 95.8 cm³/mol. The maximum Gasteiger partial charge on any atom is 0.344 e. The molecule has 0 bridgehead atoms. The van der Waals surface area contributed by atoms with Gasteiger partial charge in [-0.05, 0) is 32.4 Å². The predicted octanol–water partition coefficient (Wildman–Crippen LogP) is 1.30. The number of hydrogen-bond donors (Lipinski definition) is 0. The first-order valence-corrected chi connectivity index (χ1v) is 8.71. The first-order valence-electron chi connectivity index (χ1n) is 8.71. The van der Waals surface area contributed by atoms with E-state index in [1.54, 1.807) is 22.8 Å². The molecule has 0 saturated carbocycles. The van der Waals surface area contributed by atoms with Crippen LogP contribution in [0, 0.1) is 13.8 Å². The number of aryl methyl sites for hydroxylation is 2. The van der Waals surface area contributed by atoms with Crippen LogP contribution in [0.1, 0.15) is 25.0 Å². The van der Waals surface area contributed by atoms with Crippen molar-refractivity contribution in [2.45, 2.75) is 33.8 Å². The Balaban J connectivity index is 1.79. The van der Waals surface area contributed by atoms with E-state index in [4.69, 9.17) is 9.47 Å². The summed E-state index contributed by atoms with van der Waals surface area (Å²) in [5.74, 6) is -0.228. The number of ether oxygens (including phenoxy) is 2. The molecule has 1 heterocycles. The standard InChI is InChI=1S/C19H26N2O5/c1-13-5-6-17(14(2)11-13)25-12-18(23)26-15(3)19(24)21-9-7-20(8-10-21)16(4)22/h5-6,11,15H,7-10,12H2,1-4H3/t15-/m0/s1. The lowest BCUT2D eigenvalue weighted by Gasteiger charge is -2.35. The van der Waals surface area contributed by atoms with Crippen LogP contribution in [-0.4, -0.2) is 66.5 Å². The van der Waals surface area contributed by atoms with Crippen LogP contribution in [0.15, 0.2) is 18.2 Å². The van der Waals surface area contributed by atoms with Gasteiger partial charge in [0, 0.05) is 33.1 Å². The third-order valence-electron chi connectivity index (χ3n) is 4.37. The molecule has 2 rings (SSSR count). The molecule has 0 aliphatic carbocycles. The van der Waals surface area contributed by atoms with E-state index in [2.05, 4.69) is 0 Å². The number of esters is 1. The van der Waals surface area contributed by atoms with Gasteiger partial charge in [0.05, 0.1) is 0 Å². The molecule has 26 heavy (non-hydrogen) atoms. The van der Waals surface area contributed by atoms with E-state index < -0.39 is 12.1 Å². The van der Waals surface area contributed by atoms with Crippen LogP contribution in [0.4, 0.5) is 0 Å². The van der Waals surface area contributed by atoms with Crippen LogP contribution in [0.5, 0.6) is 5.75 Å². The summed E-state index contributed by atoms with van der Waals surface area (Å²) in [7, 11) is 0. The summed E-state index contributed by atoms with van der Waals surface area (Å²) in [5, 5.41) is 0. The van der Waals surface area contributed by atoms with E-state index in [0.717, 1.165) is 11.1 Å². The third-order valence-corrected chi connectivity index (χ3v) is 4.37. The van der Waals surface area contributed by atoms with Crippen molar-refractivity contribution in [3.05, 3.63) is 29.3 Å². The quantitative estimate of drug-likeness (QED) is 0.738. The number of carbonyl (C=O) groups is 3. The zero-order valence-electron chi connectivity index (χ0n) is 15.8. The molecular formula is C19H26N2O5. The molecule has 0 radical (unpaired) electrons. The van der Waals surface area contributed by atoms with Crippen molar-refractivity contribution in [1.82, 2.24) is 9.80 Å². The monoisotopic (exact) mass is 362 g/mol. The molecule has 0 N–H and O–H groups in total. The van der Waals surface area contributed by atoms with Gasteiger partial charge >= 0.3 is 5.97 Å². The molecule has 7 heteroatoms. The number of rotatable bonds is 5. The Morgan fingerprint density at radius 2 is 1.69 bits per heavy atom. The SMILES string of the molecule is CC(=O)N1CCN(C(=O)[C@H](C)OC(=O)COc2ccc(C)cc2C)CC1. The average molecular weight is 362 g/mol. The van der Waals surface area contributed by atoms with E-state index in [1.807, 2.05) is 26.0 Å². The fraction of sp³-hybridized carbons (Fsp3) is 0.526. The van der Waals surface area contributed by atoms with Gasteiger partial charge in [-0.25, -0.2) is 4.79 Å². The summed E-state index contributed by atoms with van der Waals surface area (Å²) in [4.78, 5) is 39.0. The lowest BCUT2D eigenvalue weighted by molar-refractivity contribution is -0.161. The van der Waals surface area contributed by atoms with Gasteiger partial charge in [-0.2, -0.15) is 0 Å². The summed E-state index contributed by atoms with van der Waals surface area (Å²) in [6, 6.07) is 5.68. The second kappa shape index (κ2) is 8.69. The maximum atomic E-state index is 12.4. The van der Waals surface area contributed by atoms with Crippen molar-refractivity contribution in [3.63, 3.8) is 0 Å². The zero-order valence-corrected chi connectivity index (χ0v) is 15.8. The number of nitrogens with zero attached hydrogens (tertiary/aromatic N) is 2. The minimum atomic E-state index is -0.880. The summed E-state index contributed by atoms with van der Waals surface area (Å²) in [6.07, 6.45) is -0.880. The van der Waals surface area contributed by atoms with E-state index in [9.17, 15) is 14.4 Å². The largest absolute Gasteiger partial charge is 0.482 e. The van der Waals surface area contributed by atoms with Gasteiger partial charge in [-0.1, -0.05) is 17.7 Å². The van der Waals surface area contributed by atoms with Crippen molar-refractivity contribution in [2.24, 2.45) is 0 Å². The molecule has 1 aliphatic heterocycles. The van der Waals surface area contributed by atoms with Crippen molar-refractivity contribution < 1.29 is 23.9 Å². The highest BCUT2D eigenvalue weighted by Gasteiger charge is 2.27. The van der Waals surface area contributed by atoms with Gasteiger partial charge in [0.1, 0.15) is 5.75 Å². The molecule has 1 aromatic rings. The first-order chi connectivity index (χ1) is 12.3. The Kier molecular flexibility index (Phi) is 6.60. The normalized spacial score (nSPS) is 15.4. The average Bonchev–Trinajstić information content (AvgIpc) is 2.60. The summed E-state index contributed by atoms with van der Waals surface area (Å²) < 4.78 is 10.7. The Morgan fingerprint density at radius 3 is 2.27 bits per heavy atom. The molecule has 1 saturated heterocycles. The Morgan fingerprint density at radius 1 is 1.08 bits per heavy atom. The Bertz CT molecular complexity index is 681. The summed E-state index contributed by atoms with van der Waals surface area (Å²) in [6.45, 7) is 8.58. The Hall–Kier alpha value is -2.57. The van der Waals surface area contributed by atoms with Gasteiger partial charge in [-0.15, -0.1) is 0 Å². The molecule has 7 nitrogen and oxygen atoms in total. The highest BCUT2D eigenvalue weighted by molar-refractivity contribution is 5.84. The van der Waals surface area contributed by atoms with E-state index in [-0.39, 0.29) is 18.4 Å². The van der Waals surface area contributed by atoms with Crippen LogP contribution in [0.25, 0.3) is 0 Å². The fourth-order valence-electron chi connectivity index (χ4n) is 2.88. The van der Waals surface area contributed by atoms with Crippen molar-refractivity contribution >= 4 is 17.8 Å². The van der Waals surface area contributed by atoms with Crippen LogP contribution in [0.3, 0.4) is 0 Å². The van der Waals surface area contributed by atoms with Gasteiger partial charge in [-0.3, -0.25) is 9.59 Å². The molecule has 0 spiro atoms. The van der Waals surface area contributed by atoms with Crippen molar-refractivity contribution in [3.8, 4) is 5.75 Å². The molecule has 0 aromatic heterocycles. The van der Waals surface area contributed by atoms with Crippen LogP contribution in [0.2, 0.25) is 0 Å². The third kappa shape index (κ3) is 5.21. The van der Waals surface area contributed by atoms with Crippen LogP contribution >= 0.6 is 0 Å². The molecular weight excluding hydrogens is 336 g/mol. The highest BCUT2D eigenvalue weighted by Crippen LogP contribution is 2.18. The van der Waals surface area contributed by atoms with Crippen molar-refractivity contribution in [2.75, 3.05) is 32.8 Å². The number of hydrogen-bond acceptors (Lipinski definition) is 5. The smallest absolute Gasteiger partial charge is 0.344 e. The highest BCUT2D eigenvalue weighted by atomic mass is 16.6. The minimum absolute atomic E-state index is 0.000114. The summed E-state index contributed by atoms with van der Waals surface area (Å²) >= 11 is 0. The number of piperazine rings is 1. The van der Waals surface area contributed by atoms with Gasteiger partial charge < -0.3 is 19.3 Å². The topological polar surface area (TPSA) is 76.2 Å². The molecule has 142 valence electrons. The Labute approximate surface area is 153 Å².